The molecule has 0 aromatic carbocycles. The number of aromatic nitrogens is 1. The van der Waals surface area contributed by atoms with E-state index in [1.54, 1.807) is 0 Å². The number of oxazole rings is 1. The van der Waals surface area contributed by atoms with Crippen molar-refractivity contribution in [1.29, 1.82) is 0 Å². The van der Waals surface area contributed by atoms with Crippen LogP contribution in [-0.2, 0) is 0 Å². The van der Waals surface area contributed by atoms with Crippen LogP contribution in [0.1, 0.15) is 29.7 Å². The fourth-order valence-corrected chi connectivity index (χ4v) is 1.47. The highest BCUT2D eigenvalue weighted by Gasteiger charge is 2.40. The topological polar surface area (TPSA) is 52.0 Å². The Morgan fingerprint density at radius 1 is 1.58 bits per heavy atom. The molecule has 1 saturated carbocycles. The van der Waals surface area contributed by atoms with Gasteiger partial charge in [0.25, 0.3) is 0 Å². The largest absolute Gasteiger partial charge is 0.445 e. The van der Waals surface area contributed by atoms with Crippen molar-refractivity contribution in [3.8, 4) is 0 Å². The van der Waals surface area contributed by atoms with E-state index in [0.29, 0.717) is 11.8 Å². The molecular weight excluding hydrogens is 152 g/mol. The quantitative estimate of drug-likeness (QED) is 0.721. The van der Waals surface area contributed by atoms with Gasteiger partial charge in [-0.05, 0) is 32.7 Å². The van der Waals surface area contributed by atoms with E-state index in [1.807, 2.05) is 13.8 Å². The Morgan fingerprint density at radius 2 is 2.33 bits per heavy atom. The van der Waals surface area contributed by atoms with Gasteiger partial charge in [0, 0.05) is 5.92 Å². The smallest absolute Gasteiger partial charge is 0.198 e. The summed E-state index contributed by atoms with van der Waals surface area (Å²) in [5.41, 5.74) is 6.54. The van der Waals surface area contributed by atoms with E-state index in [4.69, 9.17) is 10.2 Å². The lowest BCUT2D eigenvalue weighted by Gasteiger charge is -1.89. The Hall–Kier alpha value is -0.830. The van der Waals surface area contributed by atoms with Crippen LogP contribution in [0.3, 0.4) is 0 Å². The molecule has 2 N–H and O–H groups in total. The van der Waals surface area contributed by atoms with Crippen LogP contribution < -0.4 is 5.73 Å². The highest BCUT2D eigenvalue weighted by atomic mass is 16.4. The SMILES string of the molecule is Cc1nc([C@@H]2C[C@H]2CN)oc1C. The minimum absolute atomic E-state index is 0.502. The van der Waals surface area contributed by atoms with E-state index >= 15 is 0 Å². The van der Waals surface area contributed by atoms with E-state index in [1.165, 1.54) is 0 Å². The summed E-state index contributed by atoms with van der Waals surface area (Å²) in [6.45, 7) is 4.68. The fraction of sp³-hybridized carbons (Fsp3) is 0.667. The Labute approximate surface area is 72.0 Å². The molecule has 0 amide bonds. The normalized spacial score (nSPS) is 27.6. The zero-order valence-corrected chi connectivity index (χ0v) is 7.50. The summed E-state index contributed by atoms with van der Waals surface area (Å²) in [6.07, 6.45) is 1.15. The second kappa shape index (κ2) is 2.59. The Morgan fingerprint density at radius 3 is 2.75 bits per heavy atom. The number of nitrogens with zero attached hydrogens (tertiary/aromatic N) is 1. The Balaban J connectivity index is 2.15. The van der Waals surface area contributed by atoms with Crippen LogP contribution in [0.25, 0.3) is 0 Å². The average Bonchev–Trinajstić information content (AvgIpc) is 2.75. The molecule has 0 saturated heterocycles. The molecule has 3 heteroatoms. The van der Waals surface area contributed by atoms with Crippen molar-refractivity contribution >= 4 is 0 Å². The monoisotopic (exact) mass is 166 g/mol. The highest BCUT2D eigenvalue weighted by molar-refractivity contribution is 5.14. The van der Waals surface area contributed by atoms with Gasteiger partial charge in [-0.15, -0.1) is 0 Å². The molecule has 12 heavy (non-hydrogen) atoms. The predicted molar refractivity (Wildman–Crippen MR) is 45.9 cm³/mol. The third-order valence-electron chi connectivity index (χ3n) is 2.59. The molecule has 0 spiro atoms. The lowest BCUT2D eigenvalue weighted by atomic mass is 10.3. The molecule has 1 heterocycles. The molecule has 1 aromatic rings. The molecular formula is C9H14N2O. The maximum absolute atomic E-state index is 5.54. The molecule has 0 bridgehead atoms. The first-order valence-electron chi connectivity index (χ1n) is 4.36. The van der Waals surface area contributed by atoms with Crippen LogP contribution in [0.2, 0.25) is 0 Å². The maximum atomic E-state index is 5.54. The summed E-state index contributed by atoms with van der Waals surface area (Å²) in [4.78, 5) is 4.35. The third kappa shape index (κ3) is 1.14. The van der Waals surface area contributed by atoms with E-state index < -0.39 is 0 Å². The lowest BCUT2D eigenvalue weighted by molar-refractivity contribution is 0.465. The Kier molecular flexibility index (Phi) is 1.68. The molecule has 1 aromatic heterocycles. The van der Waals surface area contributed by atoms with Crippen LogP contribution >= 0.6 is 0 Å². The highest BCUT2D eigenvalue weighted by Crippen LogP contribution is 2.46. The number of nitrogens with two attached hydrogens (primary N) is 1. The van der Waals surface area contributed by atoms with Gasteiger partial charge in [0.1, 0.15) is 5.76 Å². The minimum atomic E-state index is 0.502. The van der Waals surface area contributed by atoms with Crippen molar-refractivity contribution in [3.63, 3.8) is 0 Å². The standard InChI is InChI=1S/C9H14N2O/c1-5-6(2)12-9(11-5)8-3-7(8)4-10/h7-8H,3-4,10H2,1-2H3/t7-,8+/m0/s1. The average molecular weight is 166 g/mol. The van der Waals surface area contributed by atoms with Gasteiger partial charge in [-0.1, -0.05) is 0 Å². The van der Waals surface area contributed by atoms with Crippen LogP contribution in [0.4, 0.5) is 0 Å². The van der Waals surface area contributed by atoms with E-state index in [-0.39, 0.29) is 0 Å². The van der Waals surface area contributed by atoms with Gasteiger partial charge in [0.05, 0.1) is 5.69 Å². The van der Waals surface area contributed by atoms with Gasteiger partial charge in [-0.2, -0.15) is 0 Å². The summed E-state index contributed by atoms with van der Waals surface area (Å²) in [7, 11) is 0. The van der Waals surface area contributed by atoms with Crippen molar-refractivity contribution in [1.82, 2.24) is 4.98 Å². The van der Waals surface area contributed by atoms with Crippen LogP contribution in [-0.4, -0.2) is 11.5 Å². The summed E-state index contributed by atoms with van der Waals surface area (Å²) in [5, 5.41) is 0. The first kappa shape index (κ1) is 7.80. The first-order chi connectivity index (χ1) is 5.72. The minimum Gasteiger partial charge on any atom is -0.445 e. The van der Waals surface area contributed by atoms with Crippen molar-refractivity contribution in [2.24, 2.45) is 11.7 Å². The summed E-state index contributed by atoms with van der Waals surface area (Å²) in [5.74, 6) is 2.94. The molecule has 66 valence electrons. The number of rotatable bonds is 2. The summed E-state index contributed by atoms with van der Waals surface area (Å²) in [6, 6.07) is 0. The molecule has 1 aliphatic rings. The second-order valence-corrected chi connectivity index (χ2v) is 3.53. The van der Waals surface area contributed by atoms with Crippen LogP contribution in [0, 0.1) is 19.8 Å². The molecule has 3 nitrogen and oxygen atoms in total. The van der Waals surface area contributed by atoms with Crippen molar-refractivity contribution < 1.29 is 4.42 Å². The van der Waals surface area contributed by atoms with Gasteiger partial charge in [-0.3, -0.25) is 0 Å². The van der Waals surface area contributed by atoms with Crippen molar-refractivity contribution in [2.45, 2.75) is 26.2 Å². The zero-order chi connectivity index (χ0) is 8.72. The molecule has 0 radical (unpaired) electrons. The van der Waals surface area contributed by atoms with Crippen molar-refractivity contribution in [3.05, 3.63) is 17.3 Å². The molecule has 2 rings (SSSR count). The first-order valence-corrected chi connectivity index (χ1v) is 4.36. The number of aryl methyl sites for hydroxylation is 2. The molecule has 0 aliphatic heterocycles. The van der Waals surface area contributed by atoms with Gasteiger partial charge < -0.3 is 10.2 Å². The fourth-order valence-electron chi connectivity index (χ4n) is 1.47. The molecule has 2 atom stereocenters. The maximum Gasteiger partial charge on any atom is 0.198 e. The predicted octanol–water partition coefficient (Wildman–Crippen LogP) is 1.35. The zero-order valence-electron chi connectivity index (χ0n) is 7.50. The molecule has 1 aliphatic carbocycles. The van der Waals surface area contributed by atoms with E-state index in [2.05, 4.69) is 4.98 Å². The van der Waals surface area contributed by atoms with Crippen LogP contribution in [0.15, 0.2) is 4.42 Å². The van der Waals surface area contributed by atoms with Crippen molar-refractivity contribution in [2.75, 3.05) is 6.54 Å². The lowest BCUT2D eigenvalue weighted by Crippen LogP contribution is -2.01. The summed E-state index contributed by atoms with van der Waals surface area (Å²) < 4.78 is 5.50. The molecule has 1 fully saturated rings. The summed E-state index contributed by atoms with van der Waals surface area (Å²) >= 11 is 0. The number of hydrogen-bond acceptors (Lipinski definition) is 3. The molecule has 0 unspecified atom stereocenters. The van der Waals surface area contributed by atoms with E-state index in [0.717, 1.165) is 30.3 Å². The Bertz CT molecular complexity index is 273. The van der Waals surface area contributed by atoms with E-state index in [9.17, 15) is 0 Å². The van der Waals surface area contributed by atoms with Gasteiger partial charge >= 0.3 is 0 Å². The third-order valence-corrected chi connectivity index (χ3v) is 2.59. The van der Waals surface area contributed by atoms with Gasteiger partial charge in [0.15, 0.2) is 5.89 Å². The van der Waals surface area contributed by atoms with Gasteiger partial charge in [0.2, 0.25) is 0 Å². The second-order valence-electron chi connectivity index (χ2n) is 3.53. The number of hydrogen-bond donors (Lipinski definition) is 1. The van der Waals surface area contributed by atoms with Crippen LogP contribution in [0.5, 0.6) is 0 Å². The van der Waals surface area contributed by atoms with Gasteiger partial charge in [-0.25, -0.2) is 4.98 Å².